The Bertz CT molecular complexity index is 267. The molecule has 0 spiro atoms. The van der Waals surface area contributed by atoms with Crippen LogP contribution in [0.15, 0.2) is 0 Å². The van der Waals surface area contributed by atoms with Gasteiger partial charge in [0.05, 0.1) is 0 Å². The van der Waals surface area contributed by atoms with Crippen molar-refractivity contribution < 1.29 is 4.21 Å². The summed E-state index contributed by atoms with van der Waals surface area (Å²) in [5.41, 5.74) is 0.493. The molecule has 0 aromatic heterocycles. The average molecular weight is 272 g/mol. The van der Waals surface area contributed by atoms with Crippen molar-refractivity contribution in [2.75, 3.05) is 44.2 Å². The van der Waals surface area contributed by atoms with E-state index in [1.54, 1.807) is 0 Å². The quantitative estimate of drug-likeness (QED) is 0.825. The van der Waals surface area contributed by atoms with Gasteiger partial charge in [-0.3, -0.25) is 4.21 Å². The molecule has 1 aliphatic heterocycles. The zero-order valence-corrected chi connectivity index (χ0v) is 12.6. The predicted molar refractivity (Wildman–Crippen MR) is 78.4 cm³/mol. The maximum absolute atomic E-state index is 11.4. The molecule has 1 saturated carbocycles. The third kappa shape index (κ3) is 4.04. The molecule has 0 unspecified atom stereocenters. The van der Waals surface area contributed by atoms with Crippen LogP contribution in [0.1, 0.15) is 39.0 Å². The molecule has 2 aliphatic rings. The maximum Gasteiger partial charge on any atom is 0.0363 e. The molecule has 1 N–H and O–H groups in total. The molecular weight excluding hydrogens is 244 g/mol. The van der Waals surface area contributed by atoms with Crippen molar-refractivity contribution in [3.05, 3.63) is 0 Å². The Morgan fingerprint density at radius 1 is 1.17 bits per heavy atom. The molecular formula is C14H28N2OS. The fourth-order valence-electron chi connectivity index (χ4n) is 3.39. The number of nitrogens with one attached hydrogen (secondary N) is 1. The second-order valence-corrected chi connectivity index (χ2v) is 7.66. The molecule has 3 nitrogen and oxygen atoms in total. The number of rotatable bonds is 5. The van der Waals surface area contributed by atoms with E-state index in [1.807, 2.05) is 0 Å². The van der Waals surface area contributed by atoms with Gasteiger partial charge in [-0.2, -0.15) is 0 Å². The molecule has 4 heteroatoms. The lowest BCUT2D eigenvalue weighted by atomic mass is 9.73. The molecule has 0 radical (unpaired) electrons. The van der Waals surface area contributed by atoms with Crippen molar-refractivity contribution >= 4 is 10.8 Å². The first-order valence-corrected chi connectivity index (χ1v) is 9.01. The van der Waals surface area contributed by atoms with Gasteiger partial charge in [0.2, 0.25) is 0 Å². The molecule has 0 bridgehead atoms. The maximum atomic E-state index is 11.4. The van der Waals surface area contributed by atoms with Crippen LogP contribution >= 0.6 is 0 Å². The van der Waals surface area contributed by atoms with Gasteiger partial charge in [0.15, 0.2) is 0 Å². The van der Waals surface area contributed by atoms with Gasteiger partial charge >= 0.3 is 0 Å². The number of nitrogens with zero attached hydrogens (tertiary/aromatic N) is 1. The third-order valence-corrected chi connectivity index (χ3v) is 5.77. The van der Waals surface area contributed by atoms with E-state index in [2.05, 4.69) is 17.1 Å². The Morgan fingerprint density at radius 3 is 2.44 bits per heavy atom. The van der Waals surface area contributed by atoms with Crippen LogP contribution in [-0.2, 0) is 10.8 Å². The van der Waals surface area contributed by atoms with Gasteiger partial charge in [0.1, 0.15) is 0 Å². The van der Waals surface area contributed by atoms with Gasteiger partial charge in [-0.15, -0.1) is 0 Å². The molecule has 2 fully saturated rings. The van der Waals surface area contributed by atoms with Crippen molar-refractivity contribution in [1.29, 1.82) is 0 Å². The lowest BCUT2D eigenvalue weighted by Crippen LogP contribution is -2.49. The van der Waals surface area contributed by atoms with Crippen molar-refractivity contribution in [2.24, 2.45) is 5.41 Å². The summed E-state index contributed by atoms with van der Waals surface area (Å²) in [7, 11) is -0.544. The van der Waals surface area contributed by atoms with Crippen LogP contribution in [-0.4, -0.2) is 53.3 Å². The SMILES string of the molecule is CCNCC1(CN2CCS(=O)CC2)CCCCC1. The van der Waals surface area contributed by atoms with E-state index < -0.39 is 10.8 Å². The monoisotopic (exact) mass is 272 g/mol. The van der Waals surface area contributed by atoms with Crippen molar-refractivity contribution in [3.8, 4) is 0 Å². The Balaban J connectivity index is 1.89. The fraction of sp³-hybridized carbons (Fsp3) is 1.00. The Hall–Kier alpha value is 0.0700. The van der Waals surface area contributed by atoms with Gasteiger partial charge in [0, 0.05) is 48.5 Å². The standard InChI is InChI=1S/C14H28N2OS/c1-2-15-12-14(6-4-3-5-7-14)13-16-8-10-18(17)11-9-16/h15H,2-13H2,1H3. The highest BCUT2D eigenvalue weighted by molar-refractivity contribution is 7.85. The molecule has 1 aliphatic carbocycles. The van der Waals surface area contributed by atoms with E-state index in [0.717, 1.165) is 31.1 Å². The van der Waals surface area contributed by atoms with Gasteiger partial charge in [-0.1, -0.05) is 26.2 Å². The second kappa shape index (κ2) is 7.01. The number of hydrogen-bond donors (Lipinski definition) is 1. The van der Waals surface area contributed by atoms with Crippen LogP contribution in [0.3, 0.4) is 0 Å². The summed E-state index contributed by atoms with van der Waals surface area (Å²) in [5.74, 6) is 1.77. The minimum absolute atomic E-state index is 0.493. The summed E-state index contributed by atoms with van der Waals surface area (Å²) >= 11 is 0. The normalized spacial score (nSPS) is 26.3. The molecule has 0 amide bonds. The topological polar surface area (TPSA) is 32.3 Å². The van der Waals surface area contributed by atoms with E-state index >= 15 is 0 Å². The van der Waals surface area contributed by atoms with Gasteiger partial charge in [-0.05, 0) is 24.8 Å². The Morgan fingerprint density at radius 2 is 1.83 bits per heavy atom. The fourth-order valence-corrected chi connectivity index (χ4v) is 4.52. The van der Waals surface area contributed by atoms with Crippen LogP contribution in [0.5, 0.6) is 0 Å². The summed E-state index contributed by atoms with van der Waals surface area (Å²) in [4.78, 5) is 2.56. The largest absolute Gasteiger partial charge is 0.316 e. The van der Waals surface area contributed by atoms with Crippen molar-refractivity contribution in [1.82, 2.24) is 10.2 Å². The highest BCUT2D eigenvalue weighted by Gasteiger charge is 2.34. The molecule has 0 aromatic rings. The van der Waals surface area contributed by atoms with Crippen LogP contribution in [0, 0.1) is 5.41 Å². The van der Waals surface area contributed by atoms with E-state index in [-0.39, 0.29) is 0 Å². The molecule has 1 saturated heterocycles. The van der Waals surface area contributed by atoms with Crippen LogP contribution < -0.4 is 5.32 Å². The smallest absolute Gasteiger partial charge is 0.0363 e. The lowest BCUT2D eigenvalue weighted by molar-refractivity contribution is 0.108. The van der Waals surface area contributed by atoms with Crippen molar-refractivity contribution in [2.45, 2.75) is 39.0 Å². The van der Waals surface area contributed by atoms with E-state index in [0.29, 0.717) is 5.41 Å². The van der Waals surface area contributed by atoms with Crippen LogP contribution in [0.2, 0.25) is 0 Å². The average Bonchev–Trinajstić information content (AvgIpc) is 2.40. The number of hydrogen-bond acceptors (Lipinski definition) is 3. The molecule has 2 rings (SSSR count). The van der Waals surface area contributed by atoms with E-state index in [1.165, 1.54) is 45.2 Å². The van der Waals surface area contributed by atoms with Crippen molar-refractivity contribution in [3.63, 3.8) is 0 Å². The van der Waals surface area contributed by atoms with Crippen LogP contribution in [0.25, 0.3) is 0 Å². The predicted octanol–water partition coefficient (Wildman–Crippen LogP) is 1.61. The minimum atomic E-state index is -0.544. The first-order chi connectivity index (χ1) is 8.74. The molecule has 1 heterocycles. The molecule has 106 valence electrons. The van der Waals surface area contributed by atoms with Gasteiger partial charge < -0.3 is 10.2 Å². The third-order valence-electron chi connectivity index (χ3n) is 4.49. The molecule has 0 aromatic carbocycles. The summed E-state index contributed by atoms with van der Waals surface area (Å²) < 4.78 is 11.4. The summed E-state index contributed by atoms with van der Waals surface area (Å²) in [6.45, 7) is 7.74. The Kier molecular flexibility index (Phi) is 5.64. The van der Waals surface area contributed by atoms with Gasteiger partial charge in [0.25, 0.3) is 0 Å². The highest BCUT2D eigenvalue weighted by atomic mass is 32.2. The van der Waals surface area contributed by atoms with E-state index in [9.17, 15) is 4.21 Å². The zero-order chi connectivity index (χ0) is 12.8. The highest BCUT2D eigenvalue weighted by Crippen LogP contribution is 2.36. The van der Waals surface area contributed by atoms with E-state index in [4.69, 9.17) is 0 Å². The summed E-state index contributed by atoms with van der Waals surface area (Å²) in [5, 5.41) is 3.57. The van der Waals surface area contributed by atoms with Gasteiger partial charge in [-0.25, -0.2) is 0 Å². The molecule has 0 atom stereocenters. The zero-order valence-electron chi connectivity index (χ0n) is 11.7. The second-order valence-electron chi connectivity index (χ2n) is 5.97. The summed E-state index contributed by atoms with van der Waals surface area (Å²) in [6, 6.07) is 0. The minimum Gasteiger partial charge on any atom is -0.316 e. The lowest BCUT2D eigenvalue weighted by Gasteiger charge is -2.42. The molecule has 18 heavy (non-hydrogen) atoms. The summed E-state index contributed by atoms with van der Waals surface area (Å²) in [6.07, 6.45) is 6.95. The Labute approximate surface area is 114 Å². The first kappa shape index (κ1) is 14.5. The first-order valence-electron chi connectivity index (χ1n) is 7.52. The van der Waals surface area contributed by atoms with Crippen LogP contribution in [0.4, 0.5) is 0 Å².